The van der Waals surface area contributed by atoms with Gasteiger partial charge in [0.25, 0.3) is 11.8 Å². The largest absolute Gasteiger partial charge is 0.480 e. The zero-order chi connectivity index (χ0) is 22.4. The Morgan fingerprint density at radius 3 is 2.03 bits per heavy atom. The van der Waals surface area contributed by atoms with Gasteiger partial charge in [0.05, 0.1) is 11.1 Å². The summed E-state index contributed by atoms with van der Waals surface area (Å²) >= 11 is 0. The lowest BCUT2D eigenvalue weighted by Gasteiger charge is -2.27. The van der Waals surface area contributed by atoms with E-state index in [1.807, 2.05) is 6.07 Å². The van der Waals surface area contributed by atoms with Crippen LogP contribution in [0.4, 0.5) is 0 Å². The van der Waals surface area contributed by atoms with E-state index in [1.54, 1.807) is 36.4 Å². The molecule has 1 aliphatic rings. The highest BCUT2D eigenvalue weighted by Gasteiger charge is 2.43. The van der Waals surface area contributed by atoms with Crippen LogP contribution in [0.3, 0.4) is 0 Å². The predicted molar refractivity (Wildman–Crippen MR) is 111 cm³/mol. The molecule has 0 unspecified atom stereocenters. The molecule has 0 aliphatic carbocycles. The van der Waals surface area contributed by atoms with Gasteiger partial charge in [0, 0.05) is 13.0 Å². The molecule has 2 atom stereocenters. The summed E-state index contributed by atoms with van der Waals surface area (Å²) < 4.78 is 0. The van der Waals surface area contributed by atoms with Crippen LogP contribution >= 0.6 is 0 Å². The standard InChI is InChI=1S/C23H24N2O6/c26-13-7-6-12-18(23(30)31)24-20(27)19(14-15-8-2-1-3-9-15)25-21(28)16-10-4-5-11-17(16)22(25)29/h1-5,8-11,18-19,26H,6-7,12-14H2,(H,24,27)(H,30,31)/t18-,19-/m0/s1. The molecule has 2 aromatic rings. The molecule has 3 amide bonds. The van der Waals surface area contributed by atoms with Gasteiger partial charge in [-0.05, 0) is 37.0 Å². The van der Waals surface area contributed by atoms with E-state index in [-0.39, 0.29) is 30.6 Å². The fraction of sp³-hybridized carbons (Fsp3) is 0.304. The fourth-order valence-corrected chi connectivity index (χ4v) is 3.62. The third-order valence-corrected chi connectivity index (χ3v) is 5.23. The summed E-state index contributed by atoms with van der Waals surface area (Å²) in [5.74, 6) is -3.09. The normalized spacial score (nSPS) is 14.8. The number of hydrogen-bond donors (Lipinski definition) is 3. The van der Waals surface area contributed by atoms with Crippen molar-refractivity contribution in [2.45, 2.75) is 37.8 Å². The number of aliphatic hydroxyl groups is 1. The number of aliphatic carboxylic acids is 1. The van der Waals surface area contributed by atoms with Crippen LogP contribution in [0.15, 0.2) is 54.6 Å². The zero-order valence-electron chi connectivity index (χ0n) is 16.9. The van der Waals surface area contributed by atoms with Crippen LogP contribution in [0.5, 0.6) is 0 Å². The lowest BCUT2D eigenvalue weighted by atomic mass is 10.0. The van der Waals surface area contributed by atoms with Crippen molar-refractivity contribution >= 4 is 23.7 Å². The summed E-state index contributed by atoms with van der Waals surface area (Å²) in [7, 11) is 0. The van der Waals surface area contributed by atoms with Crippen LogP contribution < -0.4 is 5.32 Å². The summed E-state index contributed by atoms with van der Waals surface area (Å²) in [6, 6.07) is 12.9. The van der Waals surface area contributed by atoms with Crippen molar-refractivity contribution in [1.29, 1.82) is 0 Å². The molecular formula is C23H24N2O6. The number of fused-ring (bicyclic) bond motifs is 1. The number of carbonyl (C=O) groups is 4. The number of carbonyl (C=O) groups excluding carboxylic acids is 3. The Morgan fingerprint density at radius 1 is 0.903 bits per heavy atom. The Kier molecular flexibility index (Phi) is 7.15. The minimum atomic E-state index is -1.22. The van der Waals surface area contributed by atoms with Crippen molar-refractivity contribution < 1.29 is 29.4 Å². The molecule has 2 aromatic carbocycles. The van der Waals surface area contributed by atoms with Crippen molar-refractivity contribution in [3.8, 4) is 0 Å². The third kappa shape index (κ3) is 4.97. The minimum absolute atomic E-state index is 0.0567. The Balaban J connectivity index is 1.88. The molecule has 0 aromatic heterocycles. The number of carboxylic acid groups (broad SMARTS) is 1. The van der Waals surface area contributed by atoms with Gasteiger partial charge in [-0.3, -0.25) is 19.3 Å². The molecule has 0 spiro atoms. The number of hydrogen-bond acceptors (Lipinski definition) is 5. The number of imide groups is 1. The van der Waals surface area contributed by atoms with Gasteiger partial charge in [0.2, 0.25) is 5.91 Å². The summed E-state index contributed by atoms with van der Waals surface area (Å²) in [6.07, 6.45) is 0.999. The molecule has 31 heavy (non-hydrogen) atoms. The summed E-state index contributed by atoms with van der Waals surface area (Å²) in [6.45, 7) is -0.0774. The van der Waals surface area contributed by atoms with Crippen LogP contribution in [-0.4, -0.2) is 57.5 Å². The molecule has 0 saturated carbocycles. The first kappa shape index (κ1) is 22.2. The van der Waals surface area contributed by atoms with E-state index in [9.17, 15) is 24.3 Å². The van der Waals surface area contributed by atoms with Crippen molar-refractivity contribution in [2.75, 3.05) is 6.61 Å². The average molecular weight is 424 g/mol. The van der Waals surface area contributed by atoms with Gasteiger partial charge >= 0.3 is 5.97 Å². The number of amides is 3. The van der Waals surface area contributed by atoms with E-state index >= 15 is 0 Å². The molecule has 8 heteroatoms. The smallest absolute Gasteiger partial charge is 0.326 e. The molecular weight excluding hydrogens is 400 g/mol. The van der Waals surface area contributed by atoms with Crippen LogP contribution in [-0.2, 0) is 16.0 Å². The number of nitrogens with one attached hydrogen (secondary N) is 1. The number of benzene rings is 2. The maximum atomic E-state index is 13.2. The molecule has 0 bridgehead atoms. The van der Waals surface area contributed by atoms with Crippen LogP contribution in [0.2, 0.25) is 0 Å². The number of aliphatic hydroxyl groups excluding tert-OH is 1. The van der Waals surface area contributed by atoms with Gasteiger partial charge < -0.3 is 15.5 Å². The van der Waals surface area contributed by atoms with E-state index in [1.165, 1.54) is 12.1 Å². The second kappa shape index (κ2) is 9.99. The average Bonchev–Trinajstić information content (AvgIpc) is 3.02. The number of carboxylic acids is 1. The van der Waals surface area contributed by atoms with Gasteiger partial charge in [-0.25, -0.2) is 4.79 Å². The van der Waals surface area contributed by atoms with Gasteiger partial charge in [-0.15, -0.1) is 0 Å². The van der Waals surface area contributed by atoms with Crippen LogP contribution in [0.25, 0.3) is 0 Å². The van der Waals surface area contributed by atoms with E-state index in [2.05, 4.69) is 5.32 Å². The first-order valence-corrected chi connectivity index (χ1v) is 10.1. The Hall–Kier alpha value is -3.52. The summed E-state index contributed by atoms with van der Waals surface area (Å²) in [5, 5.41) is 20.9. The van der Waals surface area contributed by atoms with E-state index in [0.717, 1.165) is 10.5 Å². The Labute approximate surface area is 179 Å². The van der Waals surface area contributed by atoms with Crippen molar-refractivity contribution in [3.63, 3.8) is 0 Å². The van der Waals surface area contributed by atoms with Gasteiger partial charge in [0.1, 0.15) is 12.1 Å². The zero-order valence-corrected chi connectivity index (χ0v) is 16.9. The van der Waals surface area contributed by atoms with Crippen molar-refractivity contribution in [1.82, 2.24) is 10.2 Å². The number of nitrogens with zero attached hydrogens (tertiary/aromatic N) is 1. The first-order chi connectivity index (χ1) is 14.9. The molecule has 0 fully saturated rings. The highest BCUT2D eigenvalue weighted by molar-refractivity contribution is 6.22. The fourth-order valence-electron chi connectivity index (χ4n) is 3.62. The predicted octanol–water partition coefficient (Wildman–Crippen LogP) is 1.63. The van der Waals surface area contributed by atoms with Gasteiger partial charge in [-0.2, -0.15) is 0 Å². The SMILES string of the molecule is O=C(O)[C@H](CCCCO)NC(=O)[C@H](Cc1ccccc1)N1C(=O)c2ccccc2C1=O. The molecule has 162 valence electrons. The van der Waals surface area contributed by atoms with Gasteiger partial charge in [-0.1, -0.05) is 42.5 Å². The summed E-state index contributed by atoms with van der Waals surface area (Å²) in [4.78, 5) is 51.6. The lowest BCUT2D eigenvalue weighted by Crippen LogP contribution is -2.54. The summed E-state index contributed by atoms with van der Waals surface area (Å²) in [5.41, 5.74) is 1.17. The third-order valence-electron chi connectivity index (χ3n) is 5.23. The second-order valence-corrected chi connectivity index (χ2v) is 7.35. The lowest BCUT2D eigenvalue weighted by molar-refractivity contribution is -0.142. The second-order valence-electron chi connectivity index (χ2n) is 7.35. The minimum Gasteiger partial charge on any atom is -0.480 e. The topological polar surface area (TPSA) is 124 Å². The maximum absolute atomic E-state index is 13.2. The van der Waals surface area contributed by atoms with E-state index in [0.29, 0.717) is 12.8 Å². The molecule has 1 heterocycles. The number of rotatable bonds is 10. The Bertz CT molecular complexity index is 940. The van der Waals surface area contributed by atoms with E-state index < -0.39 is 35.8 Å². The monoisotopic (exact) mass is 424 g/mol. The highest BCUT2D eigenvalue weighted by Crippen LogP contribution is 2.26. The van der Waals surface area contributed by atoms with Gasteiger partial charge in [0.15, 0.2) is 0 Å². The van der Waals surface area contributed by atoms with Crippen molar-refractivity contribution in [3.05, 3.63) is 71.3 Å². The maximum Gasteiger partial charge on any atom is 0.326 e. The van der Waals surface area contributed by atoms with Crippen LogP contribution in [0, 0.1) is 0 Å². The molecule has 0 radical (unpaired) electrons. The Morgan fingerprint density at radius 2 is 1.48 bits per heavy atom. The number of unbranched alkanes of at least 4 members (excludes halogenated alkanes) is 1. The molecule has 8 nitrogen and oxygen atoms in total. The molecule has 3 rings (SSSR count). The molecule has 0 saturated heterocycles. The van der Waals surface area contributed by atoms with Crippen molar-refractivity contribution in [2.24, 2.45) is 0 Å². The highest BCUT2D eigenvalue weighted by atomic mass is 16.4. The molecule has 3 N–H and O–H groups in total. The quantitative estimate of drug-likeness (QED) is 0.393. The first-order valence-electron chi connectivity index (χ1n) is 10.1. The molecule has 1 aliphatic heterocycles. The van der Waals surface area contributed by atoms with Crippen LogP contribution in [0.1, 0.15) is 45.5 Å². The van der Waals surface area contributed by atoms with E-state index in [4.69, 9.17) is 5.11 Å².